The lowest BCUT2D eigenvalue weighted by atomic mass is 10.1. The zero-order chi connectivity index (χ0) is 16.9. The highest BCUT2D eigenvalue weighted by Gasteiger charge is 2.14. The summed E-state index contributed by atoms with van der Waals surface area (Å²) in [7, 11) is 0. The zero-order valence-corrected chi connectivity index (χ0v) is 14.4. The molecule has 1 amide bonds. The number of nitrogens with one attached hydrogen (secondary N) is 2. The van der Waals surface area contributed by atoms with Gasteiger partial charge in [-0.2, -0.15) is 0 Å². The van der Waals surface area contributed by atoms with Gasteiger partial charge in [0.2, 0.25) is 0 Å². The average Bonchev–Trinajstić information content (AvgIpc) is 3.06. The van der Waals surface area contributed by atoms with E-state index in [-0.39, 0.29) is 11.9 Å². The minimum absolute atomic E-state index is 0.0612. The molecule has 0 saturated heterocycles. The fraction of sp³-hybridized carbons (Fsp3) is 0.158. The van der Waals surface area contributed by atoms with Crippen molar-refractivity contribution < 1.29 is 4.79 Å². The summed E-state index contributed by atoms with van der Waals surface area (Å²) in [5.74, 6) is -0.167. The molecule has 0 spiro atoms. The molecule has 122 valence electrons. The number of carbonyl (C=O) groups excluding carboxylic acids is 1. The molecule has 0 aliphatic heterocycles. The van der Waals surface area contributed by atoms with Crippen LogP contribution >= 0.6 is 11.3 Å². The molecule has 4 nitrogen and oxygen atoms in total. The third-order valence-electron chi connectivity index (χ3n) is 3.69. The lowest BCUT2D eigenvalue weighted by molar-refractivity contribution is 0.0935. The Kier molecular flexibility index (Phi) is 4.91. The maximum absolute atomic E-state index is 12.3. The first-order chi connectivity index (χ1) is 11.6. The Balaban J connectivity index is 1.64. The van der Waals surface area contributed by atoms with Crippen molar-refractivity contribution in [3.63, 3.8) is 0 Å². The molecule has 0 bridgehead atoms. The van der Waals surface area contributed by atoms with Crippen molar-refractivity contribution in [2.75, 3.05) is 5.32 Å². The summed E-state index contributed by atoms with van der Waals surface area (Å²) < 4.78 is 0. The van der Waals surface area contributed by atoms with E-state index in [4.69, 9.17) is 0 Å². The monoisotopic (exact) mass is 337 g/mol. The van der Waals surface area contributed by atoms with E-state index >= 15 is 0 Å². The van der Waals surface area contributed by atoms with Crippen molar-refractivity contribution >= 4 is 28.1 Å². The third kappa shape index (κ3) is 4.00. The standard InChI is InChI=1S/C19H19N3OS/c1-13-8-10-16(11-9-13)21-19-22-17(12-24-19)18(23)20-14(2)15-6-4-3-5-7-15/h3-12,14H,1-2H3,(H,20,23)(H,21,22)/t14-/m0/s1. The number of carbonyl (C=O) groups is 1. The predicted molar refractivity (Wildman–Crippen MR) is 98.9 cm³/mol. The molecular formula is C19H19N3OS. The summed E-state index contributed by atoms with van der Waals surface area (Å²) in [6.45, 7) is 4.01. The molecule has 0 saturated carbocycles. The first-order valence-corrected chi connectivity index (χ1v) is 8.65. The van der Waals surface area contributed by atoms with Crippen LogP contribution in [0.3, 0.4) is 0 Å². The molecule has 2 aromatic carbocycles. The Bertz CT molecular complexity index is 812. The van der Waals surface area contributed by atoms with E-state index in [0.717, 1.165) is 11.3 Å². The van der Waals surface area contributed by atoms with Gasteiger partial charge in [0.1, 0.15) is 5.69 Å². The van der Waals surface area contributed by atoms with Gasteiger partial charge in [0.15, 0.2) is 5.13 Å². The molecule has 0 radical (unpaired) electrons. The Labute approximate surface area is 145 Å². The number of hydrogen-bond acceptors (Lipinski definition) is 4. The molecule has 5 heteroatoms. The fourth-order valence-electron chi connectivity index (χ4n) is 2.29. The van der Waals surface area contributed by atoms with Crippen LogP contribution in [-0.4, -0.2) is 10.9 Å². The van der Waals surface area contributed by atoms with Gasteiger partial charge < -0.3 is 10.6 Å². The highest BCUT2D eigenvalue weighted by molar-refractivity contribution is 7.14. The summed E-state index contributed by atoms with van der Waals surface area (Å²) in [6.07, 6.45) is 0. The number of nitrogens with zero attached hydrogens (tertiary/aromatic N) is 1. The molecule has 24 heavy (non-hydrogen) atoms. The molecule has 3 rings (SSSR count). The largest absolute Gasteiger partial charge is 0.344 e. The maximum atomic E-state index is 12.3. The van der Waals surface area contributed by atoms with E-state index in [0.29, 0.717) is 10.8 Å². The van der Waals surface area contributed by atoms with Crippen LogP contribution < -0.4 is 10.6 Å². The molecule has 0 unspecified atom stereocenters. The molecule has 3 aromatic rings. The summed E-state index contributed by atoms with van der Waals surface area (Å²) in [5.41, 5.74) is 3.66. The number of rotatable bonds is 5. The number of aryl methyl sites for hydroxylation is 1. The number of amides is 1. The number of benzene rings is 2. The van der Waals surface area contributed by atoms with Crippen LogP contribution in [-0.2, 0) is 0 Å². The fourth-order valence-corrected chi connectivity index (χ4v) is 3.00. The van der Waals surface area contributed by atoms with Crippen LogP contribution in [0.25, 0.3) is 0 Å². The van der Waals surface area contributed by atoms with Crippen molar-refractivity contribution in [3.05, 3.63) is 76.8 Å². The molecule has 0 aliphatic rings. The molecule has 0 aliphatic carbocycles. The van der Waals surface area contributed by atoms with Gasteiger partial charge in [-0.1, -0.05) is 48.0 Å². The van der Waals surface area contributed by atoms with E-state index in [9.17, 15) is 4.79 Å². The minimum Gasteiger partial charge on any atom is -0.344 e. The van der Waals surface area contributed by atoms with Crippen LogP contribution in [0.2, 0.25) is 0 Å². The summed E-state index contributed by atoms with van der Waals surface area (Å²) in [5, 5.41) is 8.67. The molecule has 0 fully saturated rings. The Morgan fingerprint density at radius 3 is 2.50 bits per heavy atom. The second-order valence-corrected chi connectivity index (χ2v) is 6.49. The van der Waals surface area contributed by atoms with E-state index in [1.165, 1.54) is 16.9 Å². The van der Waals surface area contributed by atoms with E-state index in [1.54, 1.807) is 5.38 Å². The van der Waals surface area contributed by atoms with Gasteiger partial charge in [-0.05, 0) is 31.5 Å². The van der Waals surface area contributed by atoms with Gasteiger partial charge in [-0.15, -0.1) is 11.3 Å². The summed E-state index contributed by atoms with van der Waals surface area (Å²) in [6, 6.07) is 17.9. The number of anilines is 2. The van der Waals surface area contributed by atoms with Crippen LogP contribution in [0.1, 0.15) is 34.6 Å². The average molecular weight is 337 g/mol. The Hall–Kier alpha value is -2.66. The molecule has 1 aromatic heterocycles. The molecule has 1 atom stereocenters. The minimum atomic E-state index is -0.167. The van der Waals surface area contributed by atoms with Crippen molar-refractivity contribution in [2.45, 2.75) is 19.9 Å². The first-order valence-electron chi connectivity index (χ1n) is 7.77. The second kappa shape index (κ2) is 7.27. The Morgan fingerprint density at radius 2 is 1.79 bits per heavy atom. The zero-order valence-electron chi connectivity index (χ0n) is 13.6. The normalized spacial score (nSPS) is 11.8. The Morgan fingerprint density at radius 1 is 1.08 bits per heavy atom. The van der Waals surface area contributed by atoms with Crippen LogP contribution in [0.15, 0.2) is 60.0 Å². The molecule has 2 N–H and O–H groups in total. The van der Waals surface area contributed by atoms with Gasteiger partial charge in [-0.3, -0.25) is 4.79 Å². The number of thiazole rings is 1. The lowest BCUT2D eigenvalue weighted by Crippen LogP contribution is -2.26. The smallest absolute Gasteiger partial charge is 0.271 e. The van der Waals surface area contributed by atoms with Gasteiger partial charge >= 0.3 is 0 Å². The van der Waals surface area contributed by atoms with E-state index in [2.05, 4.69) is 15.6 Å². The van der Waals surface area contributed by atoms with Crippen molar-refractivity contribution in [2.24, 2.45) is 0 Å². The highest BCUT2D eigenvalue weighted by atomic mass is 32.1. The summed E-state index contributed by atoms with van der Waals surface area (Å²) in [4.78, 5) is 16.7. The second-order valence-electron chi connectivity index (χ2n) is 5.63. The first kappa shape index (κ1) is 16.2. The quantitative estimate of drug-likeness (QED) is 0.710. The third-order valence-corrected chi connectivity index (χ3v) is 4.44. The van der Waals surface area contributed by atoms with Gasteiger partial charge in [0.25, 0.3) is 5.91 Å². The lowest BCUT2D eigenvalue weighted by Gasteiger charge is -2.13. The van der Waals surface area contributed by atoms with Gasteiger partial charge in [0, 0.05) is 11.1 Å². The molecule has 1 heterocycles. The predicted octanol–water partition coefficient (Wildman–Crippen LogP) is 4.69. The van der Waals surface area contributed by atoms with E-state index in [1.807, 2.05) is 68.4 Å². The SMILES string of the molecule is Cc1ccc(Nc2nc(C(=O)N[C@@H](C)c3ccccc3)cs2)cc1. The summed E-state index contributed by atoms with van der Waals surface area (Å²) >= 11 is 1.42. The topological polar surface area (TPSA) is 54.0 Å². The highest BCUT2D eigenvalue weighted by Crippen LogP contribution is 2.22. The number of aromatic nitrogens is 1. The maximum Gasteiger partial charge on any atom is 0.271 e. The van der Waals surface area contributed by atoms with Crippen LogP contribution in [0.5, 0.6) is 0 Å². The van der Waals surface area contributed by atoms with Crippen molar-refractivity contribution in [1.29, 1.82) is 0 Å². The van der Waals surface area contributed by atoms with Gasteiger partial charge in [0.05, 0.1) is 6.04 Å². The number of hydrogen-bond donors (Lipinski definition) is 2. The van der Waals surface area contributed by atoms with Crippen LogP contribution in [0, 0.1) is 6.92 Å². The van der Waals surface area contributed by atoms with Crippen LogP contribution in [0.4, 0.5) is 10.8 Å². The molecular weight excluding hydrogens is 318 g/mol. The van der Waals surface area contributed by atoms with Gasteiger partial charge in [-0.25, -0.2) is 4.98 Å². The van der Waals surface area contributed by atoms with E-state index < -0.39 is 0 Å². The van der Waals surface area contributed by atoms with Crippen molar-refractivity contribution in [3.8, 4) is 0 Å². The van der Waals surface area contributed by atoms with Crippen molar-refractivity contribution in [1.82, 2.24) is 10.3 Å².